The van der Waals surface area contributed by atoms with Crippen LogP contribution in [0, 0.1) is 6.92 Å². The van der Waals surface area contributed by atoms with Crippen LogP contribution in [0.4, 0.5) is 0 Å². The Hall–Kier alpha value is -2.61. The zero-order chi connectivity index (χ0) is 20.5. The molecular formula is C21H32N6O2. The number of aliphatic imine (C=N–C) groups is 1. The fraction of sp³-hybridized carbons (Fsp3) is 0.571. The van der Waals surface area contributed by atoms with Gasteiger partial charge in [0.2, 0.25) is 0 Å². The van der Waals surface area contributed by atoms with Crippen molar-refractivity contribution in [1.29, 1.82) is 0 Å². The van der Waals surface area contributed by atoms with Crippen LogP contribution in [-0.2, 0) is 30.8 Å². The monoisotopic (exact) mass is 400 g/mol. The second-order valence-electron chi connectivity index (χ2n) is 7.14. The van der Waals surface area contributed by atoms with Crippen molar-refractivity contribution in [3.05, 3.63) is 41.0 Å². The minimum atomic E-state index is 0.535. The van der Waals surface area contributed by atoms with Crippen molar-refractivity contribution in [1.82, 2.24) is 25.4 Å². The molecule has 0 spiro atoms. The topological polar surface area (TPSA) is 85.6 Å². The highest BCUT2D eigenvalue weighted by Crippen LogP contribution is 2.21. The molecule has 1 aromatic carbocycles. The molecule has 8 nitrogen and oxygen atoms in total. The maximum absolute atomic E-state index is 5.97. The van der Waals surface area contributed by atoms with E-state index in [0.29, 0.717) is 26.3 Å². The highest BCUT2D eigenvalue weighted by Gasteiger charge is 2.17. The minimum absolute atomic E-state index is 0.535. The van der Waals surface area contributed by atoms with Gasteiger partial charge in [0.1, 0.15) is 11.6 Å². The number of rotatable bonds is 10. The molecule has 0 radical (unpaired) electrons. The molecule has 1 aromatic heterocycles. The molecule has 0 saturated heterocycles. The first kappa shape index (κ1) is 21.1. The van der Waals surface area contributed by atoms with Crippen molar-refractivity contribution >= 4 is 5.96 Å². The third kappa shape index (κ3) is 5.93. The van der Waals surface area contributed by atoms with E-state index >= 15 is 0 Å². The van der Waals surface area contributed by atoms with Crippen LogP contribution in [-0.4, -0.2) is 47.6 Å². The lowest BCUT2D eigenvalue weighted by atomic mass is 10.1. The van der Waals surface area contributed by atoms with E-state index < -0.39 is 0 Å². The van der Waals surface area contributed by atoms with Gasteiger partial charge in [0.05, 0.1) is 19.7 Å². The number of guanidine groups is 1. The van der Waals surface area contributed by atoms with E-state index in [4.69, 9.17) is 14.5 Å². The summed E-state index contributed by atoms with van der Waals surface area (Å²) in [6.07, 6.45) is 3.02. The van der Waals surface area contributed by atoms with Gasteiger partial charge < -0.3 is 24.7 Å². The minimum Gasteiger partial charge on any atom is -0.493 e. The first-order valence-electron chi connectivity index (χ1n) is 10.4. The van der Waals surface area contributed by atoms with Gasteiger partial charge in [-0.25, -0.2) is 4.99 Å². The van der Waals surface area contributed by atoms with E-state index in [1.54, 1.807) is 7.11 Å². The van der Waals surface area contributed by atoms with E-state index in [0.717, 1.165) is 61.3 Å². The lowest BCUT2D eigenvalue weighted by Crippen LogP contribution is -2.37. The standard InChI is InChI=1S/C21H32N6O2/c1-4-22-21(24-15-20-26-25-19-7-5-10-27(19)20)23-14-17-9-8-16(2)13-18(17)29-12-6-11-28-3/h8-9,13H,4-7,10-12,14-15H2,1-3H3,(H2,22,23,24). The number of methoxy groups -OCH3 is 1. The number of fused-ring (bicyclic) bond motifs is 1. The second-order valence-corrected chi connectivity index (χ2v) is 7.14. The smallest absolute Gasteiger partial charge is 0.191 e. The molecule has 8 heteroatoms. The van der Waals surface area contributed by atoms with Crippen molar-refractivity contribution in [3.63, 3.8) is 0 Å². The molecule has 0 saturated carbocycles. The molecule has 0 atom stereocenters. The van der Waals surface area contributed by atoms with Gasteiger partial charge in [-0.05, 0) is 31.9 Å². The van der Waals surface area contributed by atoms with Crippen LogP contribution in [0.3, 0.4) is 0 Å². The van der Waals surface area contributed by atoms with Gasteiger partial charge in [0, 0.05) is 45.2 Å². The molecule has 2 N–H and O–H groups in total. The fourth-order valence-electron chi connectivity index (χ4n) is 3.32. The number of nitrogens with zero attached hydrogens (tertiary/aromatic N) is 4. The number of aromatic nitrogens is 3. The third-order valence-electron chi connectivity index (χ3n) is 4.82. The molecule has 2 heterocycles. The SMILES string of the molecule is CCNC(=NCc1ccc(C)cc1OCCCOC)NCc1nnc2n1CCC2. The third-order valence-corrected chi connectivity index (χ3v) is 4.82. The van der Waals surface area contributed by atoms with Crippen LogP contribution in [0.1, 0.15) is 42.5 Å². The van der Waals surface area contributed by atoms with Crippen LogP contribution >= 0.6 is 0 Å². The summed E-state index contributed by atoms with van der Waals surface area (Å²) in [4.78, 5) is 4.74. The van der Waals surface area contributed by atoms with Crippen molar-refractivity contribution in [2.45, 2.75) is 52.7 Å². The quantitative estimate of drug-likeness (QED) is 0.361. The lowest BCUT2D eigenvalue weighted by Gasteiger charge is -2.14. The van der Waals surface area contributed by atoms with Gasteiger partial charge in [-0.1, -0.05) is 12.1 Å². The maximum Gasteiger partial charge on any atom is 0.191 e. The molecule has 1 aliphatic rings. The highest BCUT2D eigenvalue weighted by molar-refractivity contribution is 5.79. The van der Waals surface area contributed by atoms with Gasteiger partial charge in [-0.2, -0.15) is 0 Å². The summed E-state index contributed by atoms with van der Waals surface area (Å²) in [6, 6.07) is 6.24. The first-order chi connectivity index (χ1) is 14.2. The van der Waals surface area contributed by atoms with E-state index in [9.17, 15) is 0 Å². The summed E-state index contributed by atoms with van der Waals surface area (Å²) in [5.41, 5.74) is 2.23. The van der Waals surface area contributed by atoms with Crippen molar-refractivity contribution in [3.8, 4) is 5.75 Å². The van der Waals surface area contributed by atoms with Crippen molar-refractivity contribution in [2.75, 3.05) is 26.9 Å². The summed E-state index contributed by atoms with van der Waals surface area (Å²) in [5.74, 6) is 3.68. The van der Waals surface area contributed by atoms with E-state index in [1.807, 2.05) is 0 Å². The highest BCUT2D eigenvalue weighted by atomic mass is 16.5. The van der Waals surface area contributed by atoms with E-state index in [2.05, 4.69) is 57.4 Å². The van der Waals surface area contributed by atoms with Gasteiger partial charge >= 0.3 is 0 Å². The number of hydrogen-bond donors (Lipinski definition) is 2. The molecule has 2 aromatic rings. The zero-order valence-electron chi connectivity index (χ0n) is 17.7. The Morgan fingerprint density at radius 1 is 1.24 bits per heavy atom. The average molecular weight is 401 g/mol. The summed E-state index contributed by atoms with van der Waals surface area (Å²) in [6.45, 7) is 8.38. The Bertz CT molecular complexity index is 817. The lowest BCUT2D eigenvalue weighted by molar-refractivity contribution is 0.172. The molecule has 0 fully saturated rings. The predicted molar refractivity (Wildman–Crippen MR) is 113 cm³/mol. The Morgan fingerprint density at radius 2 is 2.14 bits per heavy atom. The summed E-state index contributed by atoms with van der Waals surface area (Å²) < 4.78 is 13.3. The van der Waals surface area contributed by atoms with Gasteiger partial charge in [-0.15, -0.1) is 10.2 Å². The molecule has 0 aliphatic carbocycles. The number of aryl methyl sites for hydroxylation is 2. The van der Waals surface area contributed by atoms with Crippen LogP contribution in [0.5, 0.6) is 5.75 Å². The number of nitrogens with one attached hydrogen (secondary N) is 2. The van der Waals surface area contributed by atoms with Crippen molar-refractivity contribution in [2.24, 2.45) is 4.99 Å². The molecule has 0 amide bonds. The summed E-state index contributed by atoms with van der Waals surface area (Å²) in [7, 11) is 1.70. The normalized spacial score (nSPS) is 13.4. The maximum atomic E-state index is 5.97. The number of ether oxygens (including phenoxy) is 2. The molecule has 0 unspecified atom stereocenters. The van der Waals surface area contributed by atoms with Crippen LogP contribution < -0.4 is 15.4 Å². The van der Waals surface area contributed by atoms with Crippen LogP contribution in [0.25, 0.3) is 0 Å². The number of hydrogen-bond acceptors (Lipinski definition) is 5. The Labute approximate surface area is 172 Å². The second kappa shape index (κ2) is 10.8. The molecule has 158 valence electrons. The average Bonchev–Trinajstić information content (AvgIpc) is 3.33. The largest absolute Gasteiger partial charge is 0.493 e. The van der Waals surface area contributed by atoms with Gasteiger partial charge in [0.25, 0.3) is 0 Å². The first-order valence-corrected chi connectivity index (χ1v) is 10.4. The Morgan fingerprint density at radius 3 is 2.97 bits per heavy atom. The number of benzene rings is 1. The molecular weight excluding hydrogens is 368 g/mol. The van der Waals surface area contributed by atoms with Crippen molar-refractivity contribution < 1.29 is 9.47 Å². The molecule has 1 aliphatic heterocycles. The van der Waals surface area contributed by atoms with Gasteiger partial charge in [-0.3, -0.25) is 0 Å². The predicted octanol–water partition coefficient (Wildman–Crippen LogP) is 2.20. The molecule has 3 rings (SSSR count). The van der Waals surface area contributed by atoms with E-state index in [1.165, 1.54) is 5.56 Å². The Balaban J connectivity index is 1.63. The van der Waals surface area contributed by atoms with Crippen LogP contribution in [0.2, 0.25) is 0 Å². The fourth-order valence-corrected chi connectivity index (χ4v) is 3.32. The Kier molecular flexibility index (Phi) is 7.86. The van der Waals surface area contributed by atoms with E-state index in [-0.39, 0.29) is 0 Å². The summed E-state index contributed by atoms with van der Waals surface area (Å²) in [5, 5.41) is 15.2. The molecule has 0 bridgehead atoms. The van der Waals surface area contributed by atoms with Gasteiger partial charge in [0.15, 0.2) is 11.8 Å². The summed E-state index contributed by atoms with van der Waals surface area (Å²) >= 11 is 0. The van der Waals surface area contributed by atoms with Crippen LogP contribution in [0.15, 0.2) is 23.2 Å². The zero-order valence-corrected chi connectivity index (χ0v) is 17.7. The molecule has 29 heavy (non-hydrogen) atoms.